The Hall–Kier alpha value is -4.13. The summed E-state index contributed by atoms with van der Waals surface area (Å²) in [5.74, 6) is 1.32. The zero-order valence-electron chi connectivity index (χ0n) is 22.2. The molecule has 41 heavy (non-hydrogen) atoms. The van der Waals surface area contributed by atoms with Crippen LogP contribution < -0.4 is 25.1 Å². The van der Waals surface area contributed by atoms with E-state index >= 15 is 0 Å². The number of rotatable bonds is 13. The number of ether oxygens (including phenoxy) is 4. The molecule has 2 aliphatic heterocycles. The Morgan fingerprint density at radius 2 is 1.78 bits per heavy atom. The monoisotopic (exact) mass is 581 g/mol. The fraction of sp³-hybridized carbons (Fsp3) is 0.310. The Labute approximate surface area is 238 Å². The van der Waals surface area contributed by atoms with Gasteiger partial charge in [0.15, 0.2) is 26.9 Å². The van der Waals surface area contributed by atoms with Crippen molar-refractivity contribution in [3.63, 3.8) is 0 Å². The van der Waals surface area contributed by atoms with E-state index in [2.05, 4.69) is 15.8 Å². The van der Waals surface area contributed by atoms with Gasteiger partial charge in [-0.25, -0.2) is 18.8 Å². The number of aliphatic hydroxyl groups is 1. The summed E-state index contributed by atoms with van der Waals surface area (Å²) in [7, 11) is -3.67. The fourth-order valence-corrected chi connectivity index (χ4v) is 5.76. The maximum Gasteiger partial charge on any atom is 0.265 e. The summed E-state index contributed by atoms with van der Waals surface area (Å²) in [6.07, 6.45) is 0.428. The van der Waals surface area contributed by atoms with E-state index in [0.717, 1.165) is 5.56 Å². The number of benzene rings is 3. The lowest BCUT2D eigenvalue weighted by Crippen LogP contribution is -2.52. The Morgan fingerprint density at radius 1 is 1.00 bits per heavy atom. The van der Waals surface area contributed by atoms with Gasteiger partial charge in [0, 0.05) is 25.1 Å². The summed E-state index contributed by atoms with van der Waals surface area (Å²) in [5, 5.41) is 8.93. The molecule has 0 aliphatic carbocycles. The number of aliphatic imine (C=N–C) groups is 1. The first-order valence-corrected chi connectivity index (χ1v) is 14.8. The highest BCUT2D eigenvalue weighted by Crippen LogP contribution is 2.32. The van der Waals surface area contributed by atoms with Crippen molar-refractivity contribution in [2.75, 3.05) is 32.4 Å². The van der Waals surface area contributed by atoms with Gasteiger partial charge in [-0.2, -0.15) is 0 Å². The molecule has 12 heteroatoms. The molecule has 0 unspecified atom stereocenters. The van der Waals surface area contributed by atoms with E-state index in [9.17, 15) is 13.2 Å². The molecular weight excluding hydrogens is 550 g/mol. The van der Waals surface area contributed by atoms with Crippen LogP contribution in [-0.4, -0.2) is 63.2 Å². The summed E-state index contributed by atoms with van der Waals surface area (Å²) in [4.78, 5) is 18.3. The number of fused-ring (bicyclic) bond motifs is 1. The number of hydrogen-bond acceptors (Lipinski definition) is 10. The number of amides is 1. The van der Waals surface area contributed by atoms with Crippen LogP contribution in [0.25, 0.3) is 0 Å². The highest BCUT2D eigenvalue weighted by atomic mass is 32.2. The minimum atomic E-state index is -3.67. The van der Waals surface area contributed by atoms with Gasteiger partial charge in [-0.05, 0) is 60.5 Å². The van der Waals surface area contributed by atoms with Gasteiger partial charge in [0.25, 0.3) is 5.91 Å². The molecule has 0 spiro atoms. The van der Waals surface area contributed by atoms with E-state index < -0.39 is 21.3 Å². The van der Waals surface area contributed by atoms with Crippen molar-refractivity contribution in [2.45, 2.75) is 29.8 Å². The van der Waals surface area contributed by atoms with Gasteiger partial charge in [-0.1, -0.05) is 24.3 Å². The van der Waals surface area contributed by atoms with Gasteiger partial charge in [-0.15, -0.1) is 0 Å². The van der Waals surface area contributed by atoms with E-state index in [-0.39, 0.29) is 49.5 Å². The first-order valence-electron chi connectivity index (χ1n) is 13.1. The predicted molar refractivity (Wildman–Crippen MR) is 150 cm³/mol. The number of hydrazine groups is 1. The van der Waals surface area contributed by atoms with Crippen LogP contribution in [0.1, 0.15) is 24.0 Å². The Morgan fingerprint density at radius 3 is 2.56 bits per heavy atom. The van der Waals surface area contributed by atoms with E-state index in [4.69, 9.17) is 24.1 Å². The van der Waals surface area contributed by atoms with Crippen LogP contribution in [0.4, 0.5) is 0 Å². The lowest BCUT2D eigenvalue weighted by Gasteiger charge is -2.23. The minimum absolute atomic E-state index is 0.0401. The van der Waals surface area contributed by atoms with Crippen LogP contribution in [0, 0.1) is 0 Å². The summed E-state index contributed by atoms with van der Waals surface area (Å²) in [6, 6.07) is 20.5. The van der Waals surface area contributed by atoms with Crippen molar-refractivity contribution in [1.82, 2.24) is 10.9 Å². The van der Waals surface area contributed by atoms with Crippen molar-refractivity contribution >= 4 is 21.6 Å². The molecule has 216 valence electrons. The number of nitrogens with one attached hydrogen (secondary N) is 2. The van der Waals surface area contributed by atoms with Crippen LogP contribution in [0.5, 0.6) is 17.2 Å². The molecule has 0 saturated carbocycles. The van der Waals surface area contributed by atoms with Gasteiger partial charge >= 0.3 is 0 Å². The molecule has 3 aromatic carbocycles. The fourth-order valence-electron chi connectivity index (χ4n) is 4.34. The Bertz CT molecular complexity index is 1500. The zero-order chi connectivity index (χ0) is 28.7. The van der Waals surface area contributed by atoms with Gasteiger partial charge in [0.2, 0.25) is 12.7 Å². The van der Waals surface area contributed by atoms with Crippen molar-refractivity contribution in [2.24, 2.45) is 4.99 Å². The lowest BCUT2D eigenvalue weighted by atomic mass is 9.98. The quantitative estimate of drug-likeness (QED) is 0.205. The smallest absolute Gasteiger partial charge is 0.265 e. The predicted octanol–water partition coefficient (Wildman–Crippen LogP) is 2.38. The van der Waals surface area contributed by atoms with Crippen LogP contribution in [0.15, 0.2) is 82.7 Å². The highest BCUT2D eigenvalue weighted by molar-refractivity contribution is 7.91. The number of carbonyl (C=O) groups is 1. The topological polar surface area (TPSA) is 145 Å². The van der Waals surface area contributed by atoms with Crippen LogP contribution >= 0.6 is 0 Å². The van der Waals surface area contributed by atoms with Crippen LogP contribution in [0.2, 0.25) is 0 Å². The first kappa shape index (κ1) is 28.4. The molecule has 0 saturated heterocycles. The highest BCUT2D eigenvalue weighted by Gasteiger charge is 2.45. The molecule has 11 nitrogen and oxygen atoms in total. The number of carbonyl (C=O) groups excluding carboxylic acids is 1. The molecule has 1 amide bonds. The molecule has 3 aromatic rings. The number of aliphatic hydroxyl groups excluding tert-OH is 1. The second-order valence-corrected chi connectivity index (χ2v) is 11.7. The molecule has 0 bridgehead atoms. The Balaban J connectivity index is 1.31. The molecule has 2 aliphatic rings. The molecule has 1 atom stereocenters. The van der Waals surface area contributed by atoms with E-state index in [1.54, 1.807) is 48.5 Å². The summed E-state index contributed by atoms with van der Waals surface area (Å²) in [5.41, 5.74) is 5.58. The van der Waals surface area contributed by atoms with Gasteiger partial charge in [0.05, 0.1) is 17.3 Å². The molecule has 3 N–H and O–H groups in total. The van der Waals surface area contributed by atoms with Crippen molar-refractivity contribution < 1.29 is 37.3 Å². The molecule has 2 heterocycles. The molecule has 0 fully saturated rings. The van der Waals surface area contributed by atoms with Crippen LogP contribution in [-0.2, 0) is 25.9 Å². The van der Waals surface area contributed by atoms with Crippen molar-refractivity contribution in [3.8, 4) is 17.2 Å². The molecule has 0 aromatic heterocycles. The second kappa shape index (κ2) is 12.6. The minimum Gasteiger partial charge on any atom is -0.494 e. The van der Waals surface area contributed by atoms with Crippen LogP contribution in [0.3, 0.4) is 0 Å². The van der Waals surface area contributed by atoms with E-state index in [0.29, 0.717) is 35.8 Å². The standard InChI is InChI=1S/C29H31N3O8S/c33-14-4-15-37-23-10-8-22(9-11-23)27-31-29(19-38-27,13-16-41(35,36)24-5-2-1-3-6-24)28(34)32-30-18-21-7-12-25-26(17-21)40-20-39-25/h1-3,5-12,17,30,33H,4,13-16,18-20H2,(H,32,34)/t29-/m0/s1. The zero-order valence-corrected chi connectivity index (χ0v) is 23.1. The third-order valence-electron chi connectivity index (χ3n) is 6.68. The summed E-state index contributed by atoms with van der Waals surface area (Å²) < 4.78 is 48.3. The number of nitrogens with zero attached hydrogens (tertiary/aromatic N) is 1. The maximum atomic E-state index is 13.5. The van der Waals surface area contributed by atoms with Crippen molar-refractivity contribution in [3.05, 3.63) is 83.9 Å². The average molecular weight is 582 g/mol. The summed E-state index contributed by atoms with van der Waals surface area (Å²) >= 11 is 0. The Kier molecular flexibility index (Phi) is 8.72. The maximum absolute atomic E-state index is 13.5. The third kappa shape index (κ3) is 6.79. The first-order chi connectivity index (χ1) is 19.9. The lowest BCUT2D eigenvalue weighted by molar-refractivity contribution is -0.127. The van der Waals surface area contributed by atoms with Gasteiger partial charge in [0.1, 0.15) is 12.4 Å². The molecule has 5 rings (SSSR count). The van der Waals surface area contributed by atoms with E-state index in [1.165, 1.54) is 12.1 Å². The summed E-state index contributed by atoms with van der Waals surface area (Å²) in [6.45, 7) is 0.746. The SMILES string of the molecule is O=C(NNCc1ccc2c(c1)OCO2)[C@]1(CCS(=O)(=O)c2ccccc2)COC(c2ccc(OCCCO)cc2)=N1. The molecule has 0 radical (unpaired) electrons. The number of hydrogen-bond donors (Lipinski definition) is 3. The largest absolute Gasteiger partial charge is 0.494 e. The van der Waals surface area contributed by atoms with Crippen molar-refractivity contribution in [1.29, 1.82) is 0 Å². The normalized spacial score (nSPS) is 17.5. The molecular formula is C29H31N3O8S. The van der Waals surface area contributed by atoms with Gasteiger partial charge < -0.3 is 24.1 Å². The second-order valence-electron chi connectivity index (χ2n) is 9.56. The third-order valence-corrected chi connectivity index (χ3v) is 8.41. The van der Waals surface area contributed by atoms with E-state index in [1.807, 2.05) is 12.1 Å². The number of sulfone groups is 1. The van der Waals surface area contributed by atoms with Gasteiger partial charge in [-0.3, -0.25) is 10.2 Å². The average Bonchev–Trinajstić information content (AvgIpc) is 3.65.